The number of hydrogen-bond donors (Lipinski definition) is 0. The van der Waals surface area contributed by atoms with Crippen molar-refractivity contribution in [2.24, 2.45) is 0 Å². The van der Waals surface area contributed by atoms with E-state index in [2.05, 4.69) is 39.0 Å². The Morgan fingerprint density at radius 2 is 1.80 bits per heavy atom. The van der Waals surface area contributed by atoms with Crippen molar-refractivity contribution in [2.75, 3.05) is 0 Å². The van der Waals surface area contributed by atoms with E-state index in [4.69, 9.17) is 10.00 Å². The molecule has 1 aliphatic rings. The van der Waals surface area contributed by atoms with E-state index in [1.165, 1.54) is 22.3 Å². The second kappa shape index (κ2) is 3.08. The minimum absolute atomic E-state index is 0.280. The number of hydrogen-bond acceptors (Lipinski definition) is 2. The van der Waals surface area contributed by atoms with Crippen LogP contribution in [0.5, 0.6) is 0 Å². The number of aryl methyl sites for hydroxylation is 3. The lowest BCUT2D eigenvalue weighted by Gasteiger charge is -2.14. The molecule has 1 saturated heterocycles. The molecule has 2 rings (SSSR count). The highest BCUT2D eigenvalue weighted by Gasteiger charge is 2.55. The summed E-state index contributed by atoms with van der Waals surface area (Å²) in [7, 11) is 0. The van der Waals surface area contributed by atoms with Gasteiger partial charge in [-0.2, -0.15) is 5.26 Å². The van der Waals surface area contributed by atoms with Crippen LogP contribution in [0.4, 0.5) is 0 Å². The molecular formula is C13H15NO. The first-order chi connectivity index (χ1) is 6.99. The van der Waals surface area contributed by atoms with Crippen molar-refractivity contribution in [3.8, 4) is 6.07 Å². The third-order valence-corrected chi connectivity index (χ3v) is 3.10. The minimum atomic E-state index is -0.378. The van der Waals surface area contributed by atoms with E-state index < -0.39 is 0 Å². The summed E-state index contributed by atoms with van der Waals surface area (Å²) in [6, 6.07) is 6.46. The molecule has 0 bridgehead atoms. The third-order valence-electron chi connectivity index (χ3n) is 3.10. The fourth-order valence-corrected chi connectivity index (χ4v) is 2.51. The quantitative estimate of drug-likeness (QED) is 0.655. The second-order valence-corrected chi connectivity index (χ2v) is 4.51. The van der Waals surface area contributed by atoms with Gasteiger partial charge >= 0.3 is 0 Å². The number of epoxide rings is 1. The first-order valence-corrected chi connectivity index (χ1v) is 5.15. The Morgan fingerprint density at radius 1 is 1.27 bits per heavy atom. The highest BCUT2D eigenvalue weighted by Crippen LogP contribution is 2.48. The van der Waals surface area contributed by atoms with Crippen molar-refractivity contribution in [2.45, 2.75) is 39.4 Å². The monoisotopic (exact) mass is 201 g/mol. The minimum Gasteiger partial charge on any atom is -0.345 e. The normalized spacial score (nSPS) is 28.6. The SMILES string of the molecule is Cc1cc(C)c(C2(C)OC2C#N)c(C)c1. The molecule has 2 nitrogen and oxygen atoms in total. The molecule has 0 saturated carbocycles. The van der Waals surface area contributed by atoms with Crippen LogP contribution in [-0.4, -0.2) is 6.10 Å². The Labute approximate surface area is 90.5 Å². The van der Waals surface area contributed by atoms with Gasteiger partial charge in [-0.3, -0.25) is 0 Å². The Bertz CT molecular complexity index is 435. The van der Waals surface area contributed by atoms with Crippen LogP contribution in [-0.2, 0) is 10.3 Å². The van der Waals surface area contributed by atoms with Crippen LogP contribution in [0.25, 0.3) is 0 Å². The first-order valence-electron chi connectivity index (χ1n) is 5.15. The number of nitriles is 1. The van der Waals surface area contributed by atoms with Gasteiger partial charge in [0.15, 0.2) is 6.10 Å². The summed E-state index contributed by atoms with van der Waals surface area (Å²) >= 11 is 0. The summed E-state index contributed by atoms with van der Waals surface area (Å²) in [5.74, 6) is 0. The smallest absolute Gasteiger partial charge is 0.178 e. The molecule has 0 aromatic heterocycles. The molecule has 1 fully saturated rings. The summed E-state index contributed by atoms with van der Waals surface area (Å²) in [5, 5.41) is 8.86. The van der Waals surface area contributed by atoms with Crippen molar-refractivity contribution in [3.05, 3.63) is 34.4 Å². The van der Waals surface area contributed by atoms with Crippen molar-refractivity contribution in [1.29, 1.82) is 5.26 Å². The van der Waals surface area contributed by atoms with Gasteiger partial charge in [0, 0.05) is 0 Å². The average molecular weight is 201 g/mol. The van der Waals surface area contributed by atoms with Crippen LogP contribution >= 0.6 is 0 Å². The molecule has 0 aliphatic carbocycles. The van der Waals surface area contributed by atoms with Gasteiger partial charge in [-0.05, 0) is 44.4 Å². The van der Waals surface area contributed by atoms with Gasteiger partial charge in [0.2, 0.25) is 0 Å². The molecular weight excluding hydrogens is 186 g/mol. The fraction of sp³-hybridized carbons (Fsp3) is 0.462. The van der Waals surface area contributed by atoms with Crippen molar-refractivity contribution < 1.29 is 4.74 Å². The summed E-state index contributed by atoms with van der Waals surface area (Å²) in [6.07, 6.45) is -0.280. The van der Waals surface area contributed by atoms with Crippen LogP contribution in [0.2, 0.25) is 0 Å². The predicted molar refractivity (Wildman–Crippen MR) is 58.5 cm³/mol. The Morgan fingerprint density at radius 3 is 2.20 bits per heavy atom. The average Bonchev–Trinajstić information content (AvgIpc) is 2.75. The van der Waals surface area contributed by atoms with Crippen LogP contribution in [0.15, 0.2) is 12.1 Å². The zero-order valence-electron chi connectivity index (χ0n) is 9.59. The number of nitrogens with zero attached hydrogens (tertiary/aromatic N) is 1. The summed E-state index contributed by atoms with van der Waals surface area (Å²) in [6.45, 7) is 8.24. The molecule has 2 heteroatoms. The zero-order chi connectivity index (χ0) is 11.2. The molecule has 1 heterocycles. The van der Waals surface area contributed by atoms with Gasteiger partial charge in [-0.25, -0.2) is 0 Å². The molecule has 0 amide bonds. The number of benzene rings is 1. The van der Waals surface area contributed by atoms with E-state index in [0.717, 1.165) is 0 Å². The topological polar surface area (TPSA) is 36.3 Å². The summed E-state index contributed by atoms with van der Waals surface area (Å²) in [4.78, 5) is 0. The molecule has 0 spiro atoms. The number of rotatable bonds is 1. The van der Waals surface area contributed by atoms with Crippen molar-refractivity contribution >= 4 is 0 Å². The lowest BCUT2D eigenvalue weighted by atomic mass is 9.88. The largest absolute Gasteiger partial charge is 0.345 e. The highest BCUT2D eigenvalue weighted by molar-refractivity contribution is 5.45. The maximum atomic E-state index is 8.86. The lowest BCUT2D eigenvalue weighted by Crippen LogP contribution is -2.11. The molecule has 78 valence electrons. The molecule has 1 aliphatic heterocycles. The van der Waals surface area contributed by atoms with Gasteiger partial charge < -0.3 is 4.74 Å². The standard InChI is InChI=1S/C13H15NO/c1-8-5-9(2)12(10(3)6-8)13(4)11(7-14)15-13/h5-6,11H,1-4H3. The fourth-order valence-electron chi connectivity index (χ4n) is 2.51. The van der Waals surface area contributed by atoms with Gasteiger partial charge in [0.1, 0.15) is 5.60 Å². The predicted octanol–water partition coefficient (Wildman–Crippen LogP) is 2.75. The molecule has 0 radical (unpaired) electrons. The van der Waals surface area contributed by atoms with Gasteiger partial charge in [-0.15, -0.1) is 0 Å². The lowest BCUT2D eigenvalue weighted by molar-refractivity contribution is 0.320. The van der Waals surface area contributed by atoms with E-state index in [1.54, 1.807) is 0 Å². The molecule has 2 atom stereocenters. The maximum Gasteiger partial charge on any atom is 0.178 e. The van der Waals surface area contributed by atoms with E-state index >= 15 is 0 Å². The molecule has 1 aromatic rings. The molecule has 2 unspecified atom stereocenters. The van der Waals surface area contributed by atoms with E-state index in [-0.39, 0.29) is 11.7 Å². The zero-order valence-corrected chi connectivity index (χ0v) is 9.59. The van der Waals surface area contributed by atoms with E-state index in [0.29, 0.717) is 0 Å². The van der Waals surface area contributed by atoms with Crippen LogP contribution < -0.4 is 0 Å². The molecule has 0 N–H and O–H groups in total. The van der Waals surface area contributed by atoms with Crippen molar-refractivity contribution in [3.63, 3.8) is 0 Å². The van der Waals surface area contributed by atoms with E-state index in [9.17, 15) is 0 Å². The van der Waals surface area contributed by atoms with Crippen LogP contribution in [0.3, 0.4) is 0 Å². The summed E-state index contributed by atoms with van der Waals surface area (Å²) < 4.78 is 5.48. The first kappa shape index (κ1) is 10.2. The van der Waals surface area contributed by atoms with E-state index in [1.807, 2.05) is 6.92 Å². The van der Waals surface area contributed by atoms with Crippen LogP contribution in [0.1, 0.15) is 29.2 Å². The second-order valence-electron chi connectivity index (χ2n) is 4.51. The van der Waals surface area contributed by atoms with Gasteiger partial charge in [-0.1, -0.05) is 17.7 Å². The molecule has 1 aromatic carbocycles. The van der Waals surface area contributed by atoms with Crippen LogP contribution in [0, 0.1) is 32.1 Å². The molecule has 15 heavy (non-hydrogen) atoms. The Kier molecular flexibility index (Phi) is 2.09. The third kappa shape index (κ3) is 1.44. The van der Waals surface area contributed by atoms with Crippen molar-refractivity contribution in [1.82, 2.24) is 0 Å². The maximum absolute atomic E-state index is 8.86. The summed E-state index contributed by atoms with van der Waals surface area (Å²) in [5.41, 5.74) is 4.49. The number of ether oxygens (including phenoxy) is 1. The highest BCUT2D eigenvalue weighted by atomic mass is 16.6. The Hall–Kier alpha value is -1.33. The Balaban J connectivity index is 2.52. The van der Waals surface area contributed by atoms with Gasteiger partial charge in [0.05, 0.1) is 6.07 Å². The van der Waals surface area contributed by atoms with Gasteiger partial charge in [0.25, 0.3) is 0 Å².